The second-order valence-electron chi connectivity index (χ2n) is 41.0. The number of benzene rings is 12. The van der Waals surface area contributed by atoms with E-state index in [1.54, 1.807) is 0 Å². The van der Waals surface area contributed by atoms with Gasteiger partial charge in [0.1, 0.15) is 65.8 Å². The third-order valence-corrected chi connectivity index (χ3v) is 31.1. The van der Waals surface area contributed by atoms with Crippen LogP contribution in [0.3, 0.4) is 0 Å². The van der Waals surface area contributed by atoms with E-state index in [1.807, 2.05) is 6.20 Å². The van der Waals surface area contributed by atoms with Crippen molar-refractivity contribution in [2.24, 2.45) is 33.0 Å². The van der Waals surface area contributed by atoms with Crippen LogP contribution in [0.5, 0.6) is 0 Å². The summed E-state index contributed by atoms with van der Waals surface area (Å²) in [6.07, 6.45) is 20.9. The van der Waals surface area contributed by atoms with Crippen LogP contribution in [0.1, 0.15) is 189 Å². The molecule has 6 aliphatic carbocycles. The Morgan fingerprint density at radius 1 is 0.311 bits per heavy atom. The number of hydrogen-bond acceptors (Lipinski definition) is 5. The van der Waals surface area contributed by atoms with Crippen molar-refractivity contribution in [2.75, 3.05) is 0 Å². The minimum absolute atomic E-state index is 0.0251. The molecule has 0 N–H and O–H groups in total. The number of aromatic nitrogens is 4. The van der Waals surface area contributed by atoms with E-state index in [-0.39, 0.29) is 21.7 Å². The Bertz CT molecular complexity index is 8180. The molecule has 26 rings (SSSR count). The maximum Gasteiger partial charge on any atom is 0.216 e. The first-order chi connectivity index (χ1) is 63.9. The van der Waals surface area contributed by atoms with Crippen molar-refractivity contribution in [1.29, 1.82) is 0 Å². The fourth-order valence-corrected chi connectivity index (χ4v) is 25.8. The number of pyridine rings is 4. The molecular weight excluding hydrogens is 1610 g/mol. The Labute approximate surface area is 774 Å². The van der Waals surface area contributed by atoms with E-state index in [0.717, 1.165) is 74.3 Å². The summed E-state index contributed by atoms with van der Waals surface area (Å²) >= 11 is 0. The van der Waals surface area contributed by atoms with Crippen LogP contribution in [-0.4, -0.2) is 4.98 Å². The first-order valence-corrected chi connectivity index (χ1v) is 48.1. The molecule has 2 saturated carbocycles. The van der Waals surface area contributed by atoms with Crippen LogP contribution >= 0.6 is 0 Å². The van der Waals surface area contributed by atoms with Gasteiger partial charge in [-0.25, -0.2) is 13.7 Å². The highest BCUT2D eigenvalue weighted by molar-refractivity contribution is 6.18. The molecule has 8 heteroatoms. The summed E-state index contributed by atoms with van der Waals surface area (Å²) in [6, 6.07) is 91.7. The lowest BCUT2D eigenvalue weighted by atomic mass is 9.67. The van der Waals surface area contributed by atoms with Crippen molar-refractivity contribution < 1.29 is 31.4 Å². The lowest BCUT2D eigenvalue weighted by Crippen LogP contribution is -2.31. The molecule has 8 nitrogen and oxygen atoms in total. The van der Waals surface area contributed by atoms with Gasteiger partial charge in [0.05, 0.1) is 22.4 Å². The molecule has 8 aromatic heterocycles. The first-order valence-electron chi connectivity index (χ1n) is 48.1. The minimum atomic E-state index is -0.0676. The average molecular weight is 1730 g/mol. The fourth-order valence-electron chi connectivity index (χ4n) is 25.8. The number of para-hydroxylation sites is 1. The first kappa shape index (κ1) is 82.8. The van der Waals surface area contributed by atoms with Crippen molar-refractivity contribution in [3.05, 3.63) is 357 Å². The molecule has 0 unspecified atom stereocenters. The number of furan rings is 4. The normalized spacial score (nSPS) is 15.2. The van der Waals surface area contributed by atoms with Crippen LogP contribution in [0.2, 0.25) is 0 Å². The summed E-state index contributed by atoms with van der Waals surface area (Å²) in [6.45, 7) is 29.1. The third kappa shape index (κ3) is 12.6. The molecule has 0 amide bonds. The molecule has 20 aromatic rings. The summed E-state index contributed by atoms with van der Waals surface area (Å²) in [5, 5.41) is 9.95. The SMILES string of the molecule is Cc1ccc(-c2c(C)ccc3c2oc2cc4c(cc23)-c2ccccc2C42CCCC2)[n+](C)c1.Cc1ccc(-c2c(C)ccc3c2oc2ccc4c(c23)C(C)(C)c2ccccc2-4)[n+](C)c1.Cc1ccc(-c2c(C)ccc3c2oc2ccc4c(c23)C2(CCCC2)c2ccccc2-4)[n+](C)c1.Cc1ccc(-c2cccc3c2oc2ccc4c(c23)C(CC(C)C)(CC(C)C)c2ccccc2-4)nc1. The average Bonchev–Trinajstić information content (AvgIpc) is 1.53. The van der Waals surface area contributed by atoms with Gasteiger partial charge in [-0.1, -0.05) is 237 Å². The van der Waals surface area contributed by atoms with Gasteiger partial charge in [0.15, 0.2) is 18.6 Å². The summed E-state index contributed by atoms with van der Waals surface area (Å²) in [5.41, 5.74) is 48.8. The van der Waals surface area contributed by atoms with E-state index in [0.29, 0.717) is 11.8 Å². The summed E-state index contributed by atoms with van der Waals surface area (Å²) in [4.78, 5) is 4.72. The van der Waals surface area contributed by atoms with Crippen LogP contribution in [-0.2, 0) is 42.8 Å². The van der Waals surface area contributed by atoms with Gasteiger partial charge in [-0.2, -0.15) is 0 Å². The summed E-state index contributed by atoms with van der Waals surface area (Å²) < 4.78 is 33.3. The predicted octanol–water partition coefficient (Wildman–Crippen LogP) is 31.4. The van der Waals surface area contributed by atoms with Gasteiger partial charge in [-0.05, 0) is 271 Å². The van der Waals surface area contributed by atoms with Gasteiger partial charge in [0.25, 0.3) is 0 Å². The molecule has 8 heterocycles. The van der Waals surface area contributed by atoms with Gasteiger partial charge in [0.2, 0.25) is 17.1 Å². The molecular formula is C124H115N4O4+3. The number of fused-ring (bicyclic) bond motifs is 31. The largest absolute Gasteiger partial charge is 0.455 e. The molecule has 12 aromatic carbocycles. The molecule has 0 atom stereocenters. The van der Waals surface area contributed by atoms with Crippen LogP contribution in [0.4, 0.5) is 0 Å². The summed E-state index contributed by atoms with van der Waals surface area (Å²) in [7, 11) is 6.37. The Hall–Kier alpha value is -13.6. The maximum atomic E-state index is 6.72. The number of aryl methyl sites for hydroxylation is 10. The molecule has 0 radical (unpaired) electrons. The van der Waals surface area contributed by atoms with Crippen LogP contribution in [0.15, 0.2) is 291 Å². The Kier molecular flexibility index (Phi) is 19.5. The van der Waals surface area contributed by atoms with Crippen LogP contribution in [0.25, 0.3) is 177 Å². The molecule has 132 heavy (non-hydrogen) atoms. The highest BCUT2D eigenvalue weighted by atomic mass is 16.3. The third-order valence-electron chi connectivity index (χ3n) is 31.1. The summed E-state index contributed by atoms with van der Waals surface area (Å²) in [5.74, 6) is 1.15. The lowest BCUT2D eigenvalue weighted by Gasteiger charge is -2.36. The minimum Gasteiger partial charge on any atom is -0.455 e. The zero-order valence-electron chi connectivity index (χ0n) is 79.1. The zero-order chi connectivity index (χ0) is 90.4. The Morgan fingerprint density at radius 3 is 1.21 bits per heavy atom. The van der Waals surface area contributed by atoms with Crippen molar-refractivity contribution in [3.63, 3.8) is 0 Å². The Morgan fingerprint density at radius 2 is 0.705 bits per heavy atom. The number of hydrogen-bond donors (Lipinski definition) is 0. The topological polar surface area (TPSA) is 77.1 Å². The standard InChI is InChI=1S/C33H33NO.2C31H28NO.C29H26NO/c1-20(2)17-33(18-21(3)4)27-12-7-6-9-23(27)24-14-16-29-30(31(24)33)26-11-8-10-25(32(26)35-29)28-15-13-22(5)19-34-28;1-19-10-14-25(32(3)18-19)27-20(2)11-12-23-28-26(33-30(23)27)15-13-22-21-8-4-5-9-24(21)31(29(22)28)16-6-7-17-31;1-19-10-13-27(32(3)18-19)29-20(2)11-12-22-24-16-23-21-8-4-5-9-25(21)31(14-6-7-15-31)26(23)17-28(24)33-30(22)29;1-17-10-14-23(30(5)16-17)25-18(2)11-12-21-26-24(31-28(21)25)15-13-20-19-8-6-7-9-22(19)29(3,4)27(20)26/h6-16,19-21H,17-18H2,1-5H3;4-5,8-15,18H,6-7,16-17H2,1-3H3;4-5,8-13,16-18H,6-7,14-15H2,1-3H3;6-16H,1-5H3/q;3*+1. The van der Waals surface area contributed by atoms with E-state index in [2.05, 4.69) is 392 Å². The molecule has 652 valence electrons. The second-order valence-corrected chi connectivity index (χ2v) is 41.0. The van der Waals surface area contributed by atoms with Crippen molar-refractivity contribution in [1.82, 2.24) is 4.98 Å². The molecule has 6 aliphatic rings. The van der Waals surface area contributed by atoms with E-state index in [9.17, 15) is 0 Å². The van der Waals surface area contributed by atoms with E-state index in [4.69, 9.17) is 22.7 Å². The molecule has 2 spiro atoms. The van der Waals surface area contributed by atoms with Gasteiger partial charge < -0.3 is 17.7 Å². The van der Waals surface area contributed by atoms with Gasteiger partial charge in [0, 0.05) is 111 Å². The van der Waals surface area contributed by atoms with Crippen molar-refractivity contribution in [3.8, 4) is 89.5 Å². The smallest absolute Gasteiger partial charge is 0.216 e. The van der Waals surface area contributed by atoms with E-state index >= 15 is 0 Å². The highest BCUT2D eigenvalue weighted by Gasteiger charge is 2.50. The van der Waals surface area contributed by atoms with Crippen molar-refractivity contribution >= 4 is 87.8 Å². The predicted molar refractivity (Wildman–Crippen MR) is 543 cm³/mol. The molecule has 2 fully saturated rings. The van der Waals surface area contributed by atoms with Gasteiger partial charge in [-0.3, -0.25) is 4.98 Å². The highest BCUT2D eigenvalue weighted by Crippen LogP contribution is 2.64. The van der Waals surface area contributed by atoms with Crippen LogP contribution in [0, 0.1) is 60.3 Å². The van der Waals surface area contributed by atoms with E-state index in [1.165, 1.54) is 251 Å². The van der Waals surface area contributed by atoms with Gasteiger partial charge >= 0.3 is 0 Å². The fraction of sp³-hybridized carbons (Fsp3) is 0.258. The molecule has 0 aliphatic heterocycles. The van der Waals surface area contributed by atoms with E-state index < -0.39 is 0 Å². The number of nitrogens with zero attached hydrogens (tertiary/aromatic N) is 4. The zero-order valence-corrected chi connectivity index (χ0v) is 79.1. The Balaban J connectivity index is 0.0000000999. The molecule has 0 bridgehead atoms. The van der Waals surface area contributed by atoms with Gasteiger partial charge in [-0.15, -0.1) is 0 Å². The van der Waals surface area contributed by atoms with Crippen LogP contribution < -0.4 is 13.7 Å². The monoisotopic (exact) mass is 1720 g/mol. The number of rotatable bonds is 8. The quantitative estimate of drug-likeness (QED) is 0.142. The van der Waals surface area contributed by atoms with Crippen molar-refractivity contribution in [2.45, 2.75) is 176 Å². The second kappa shape index (κ2) is 31.1. The maximum absolute atomic E-state index is 6.72. The molecule has 0 saturated heterocycles. The lowest BCUT2D eigenvalue weighted by molar-refractivity contribution is -0.660.